The Morgan fingerprint density at radius 1 is 1.03 bits per heavy atom. The summed E-state index contributed by atoms with van der Waals surface area (Å²) in [4.78, 5) is 26.3. The summed E-state index contributed by atoms with van der Waals surface area (Å²) in [6.45, 7) is 6.14. The second-order valence-electron chi connectivity index (χ2n) is 8.84. The third kappa shape index (κ3) is 3.95. The minimum atomic E-state index is -0.694. The molecule has 0 amide bonds. The summed E-state index contributed by atoms with van der Waals surface area (Å²) in [5.41, 5.74) is 3.29. The highest BCUT2D eigenvalue weighted by atomic mass is 16.5. The molecule has 3 heteroatoms. The average molecular weight is 386 g/mol. The van der Waals surface area contributed by atoms with Gasteiger partial charge in [0.25, 0.3) is 0 Å². The molecule has 0 radical (unpaired) electrons. The van der Waals surface area contributed by atoms with Gasteiger partial charge in [-0.1, -0.05) is 86.2 Å². The van der Waals surface area contributed by atoms with Gasteiger partial charge in [-0.05, 0) is 17.9 Å². The van der Waals surface area contributed by atoms with Crippen molar-refractivity contribution in [2.45, 2.75) is 39.7 Å². The van der Waals surface area contributed by atoms with Gasteiger partial charge in [-0.15, -0.1) is 0 Å². The number of carbonyl (C=O) groups excluding carboxylic acids is 2. The van der Waals surface area contributed by atoms with Crippen LogP contribution in [0.4, 0.5) is 0 Å². The summed E-state index contributed by atoms with van der Waals surface area (Å²) in [6, 6.07) is 17.4. The van der Waals surface area contributed by atoms with Crippen LogP contribution in [0.2, 0.25) is 0 Å². The lowest BCUT2D eigenvalue weighted by Crippen LogP contribution is -2.29. The molecule has 1 aliphatic heterocycles. The van der Waals surface area contributed by atoms with Crippen LogP contribution in [-0.4, -0.2) is 17.7 Å². The number of hydrogen-bond acceptors (Lipinski definition) is 3. The van der Waals surface area contributed by atoms with Crippen LogP contribution in [0.25, 0.3) is 6.08 Å². The quantitative estimate of drug-likeness (QED) is 0.647. The SMILES string of the molecule is Cc1ccc(C(=O)[C@@H]2OC3=C(C(=O)CC(C)(C)C3)[C@H]2/C=C/c2ccccc2)cc1. The number of carbonyl (C=O) groups is 2. The van der Waals surface area contributed by atoms with Crippen molar-refractivity contribution in [2.24, 2.45) is 11.3 Å². The molecule has 3 nitrogen and oxygen atoms in total. The van der Waals surface area contributed by atoms with E-state index in [4.69, 9.17) is 4.74 Å². The molecular formula is C26H26O3. The summed E-state index contributed by atoms with van der Waals surface area (Å²) in [5.74, 6) is 0.355. The van der Waals surface area contributed by atoms with Crippen LogP contribution in [-0.2, 0) is 9.53 Å². The zero-order valence-electron chi connectivity index (χ0n) is 17.1. The maximum atomic E-state index is 13.3. The highest BCUT2D eigenvalue weighted by molar-refractivity contribution is 6.05. The van der Waals surface area contributed by atoms with Gasteiger partial charge in [0, 0.05) is 24.0 Å². The number of ketones is 2. The average Bonchev–Trinajstić information content (AvgIpc) is 3.04. The first kappa shape index (κ1) is 19.4. The van der Waals surface area contributed by atoms with Crippen molar-refractivity contribution < 1.29 is 14.3 Å². The van der Waals surface area contributed by atoms with Gasteiger partial charge in [0.05, 0.1) is 5.92 Å². The molecule has 2 aromatic carbocycles. The van der Waals surface area contributed by atoms with E-state index in [9.17, 15) is 9.59 Å². The van der Waals surface area contributed by atoms with Crippen molar-refractivity contribution in [3.05, 3.63) is 88.7 Å². The summed E-state index contributed by atoms with van der Waals surface area (Å²) in [6.07, 6.45) is 4.41. The normalized spacial score (nSPS) is 23.2. The molecule has 2 aromatic rings. The minimum absolute atomic E-state index is 0.0762. The third-order valence-corrected chi connectivity index (χ3v) is 5.70. The van der Waals surface area contributed by atoms with Crippen LogP contribution in [0.3, 0.4) is 0 Å². The lowest BCUT2D eigenvalue weighted by Gasteiger charge is -2.28. The van der Waals surface area contributed by atoms with Crippen LogP contribution >= 0.6 is 0 Å². The molecule has 0 unspecified atom stereocenters. The molecule has 29 heavy (non-hydrogen) atoms. The molecule has 1 heterocycles. The topological polar surface area (TPSA) is 43.4 Å². The highest BCUT2D eigenvalue weighted by Crippen LogP contribution is 2.46. The van der Waals surface area contributed by atoms with E-state index in [1.807, 2.05) is 73.7 Å². The van der Waals surface area contributed by atoms with Crippen LogP contribution in [0.15, 0.2) is 72.0 Å². The molecule has 0 spiro atoms. The number of rotatable bonds is 4. The Kier molecular flexibility index (Phi) is 4.99. The summed E-state index contributed by atoms with van der Waals surface area (Å²) < 4.78 is 6.18. The standard InChI is InChI=1S/C26H26O3/c1-17-9-12-19(13-10-17)24(28)25-20(14-11-18-7-5-4-6-8-18)23-21(27)15-26(2,3)16-22(23)29-25/h4-14,20,25H,15-16H2,1-3H3/b14-11+/t20-,25-/m1/s1. The fourth-order valence-electron chi connectivity index (χ4n) is 4.21. The fourth-order valence-corrected chi connectivity index (χ4v) is 4.21. The van der Waals surface area contributed by atoms with Crippen LogP contribution in [0, 0.1) is 18.3 Å². The Morgan fingerprint density at radius 3 is 2.41 bits per heavy atom. The number of aryl methyl sites for hydroxylation is 1. The Balaban J connectivity index is 1.70. The zero-order valence-corrected chi connectivity index (χ0v) is 17.1. The summed E-state index contributed by atoms with van der Waals surface area (Å²) >= 11 is 0. The number of allylic oxidation sites excluding steroid dienone is 1. The largest absolute Gasteiger partial charge is 0.485 e. The van der Waals surface area contributed by atoms with Gasteiger partial charge in [-0.25, -0.2) is 0 Å². The van der Waals surface area contributed by atoms with Gasteiger partial charge in [0.1, 0.15) is 5.76 Å². The molecule has 4 rings (SSSR count). The fraction of sp³-hybridized carbons (Fsp3) is 0.308. The van der Waals surface area contributed by atoms with Crippen molar-refractivity contribution in [2.75, 3.05) is 0 Å². The molecule has 2 aliphatic rings. The van der Waals surface area contributed by atoms with Gasteiger partial charge < -0.3 is 4.74 Å². The molecule has 1 aliphatic carbocycles. The van der Waals surface area contributed by atoms with E-state index in [0.29, 0.717) is 29.7 Å². The summed E-state index contributed by atoms with van der Waals surface area (Å²) in [5, 5.41) is 0. The number of hydrogen-bond donors (Lipinski definition) is 0. The first-order valence-corrected chi connectivity index (χ1v) is 10.1. The van der Waals surface area contributed by atoms with Crippen molar-refractivity contribution in [1.82, 2.24) is 0 Å². The van der Waals surface area contributed by atoms with E-state index in [1.54, 1.807) is 0 Å². The van der Waals surface area contributed by atoms with Gasteiger partial charge >= 0.3 is 0 Å². The third-order valence-electron chi connectivity index (χ3n) is 5.70. The second kappa shape index (κ2) is 7.47. The second-order valence-corrected chi connectivity index (χ2v) is 8.84. The number of Topliss-reactive ketones (excluding diaryl/α,β-unsaturated/α-hetero) is 2. The van der Waals surface area contributed by atoms with Crippen molar-refractivity contribution in [3.8, 4) is 0 Å². The number of ether oxygens (including phenoxy) is 1. The number of benzene rings is 2. The Morgan fingerprint density at radius 2 is 1.72 bits per heavy atom. The molecule has 0 fully saturated rings. The van der Waals surface area contributed by atoms with Crippen molar-refractivity contribution in [1.29, 1.82) is 0 Å². The lowest BCUT2D eigenvalue weighted by atomic mass is 9.73. The highest BCUT2D eigenvalue weighted by Gasteiger charge is 2.47. The van der Waals surface area contributed by atoms with E-state index in [2.05, 4.69) is 13.8 Å². The van der Waals surface area contributed by atoms with Gasteiger partial charge in [-0.3, -0.25) is 9.59 Å². The van der Waals surface area contributed by atoms with Crippen LogP contribution in [0.5, 0.6) is 0 Å². The minimum Gasteiger partial charge on any atom is -0.485 e. The Hall–Kier alpha value is -2.94. The monoisotopic (exact) mass is 386 g/mol. The predicted molar refractivity (Wildman–Crippen MR) is 114 cm³/mol. The van der Waals surface area contributed by atoms with Gasteiger partial charge in [0.15, 0.2) is 11.9 Å². The van der Waals surface area contributed by atoms with Crippen molar-refractivity contribution in [3.63, 3.8) is 0 Å². The maximum Gasteiger partial charge on any atom is 0.204 e. The van der Waals surface area contributed by atoms with Gasteiger partial charge in [-0.2, -0.15) is 0 Å². The van der Waals surface area contributed by atoms with Crippen LogP contribution in [0.1, 0.15) is 48.2 Å². The molecule has 148 valence electrons. The molecule has 0 saturated heterocycles. The van der Waals surface area contributed by atoms with E-state index in [1.165, 1.54) is 0 Å². The Bertz CT molecular complexity index is 994. The van der Waals surface area contributed by atoms with E-state index in [0.717, 1.165) is 11.1 Å². The predicted octanol–water partition coefficient (Wildman–Crippen LogP) is 5.55. The lowest BCUT2D eigenvalue weighted by molar-refractivity contribution is -0.118. The van der Waals surface area contributed by atoms with E-state index >= 15 is 0 Å². The zero-order chi connectivity index (χ0) is 20.6. The van der Waals surface area contributed by atoms with Crippen molar-refractivity contribution >= 4 is 17.6 Å². The summed E-state index contributed by atoms with van der Waals surface area (Å²) in [7, 11) is 0. The van der Waals surface area contributed by atoms with E-state index in [-0.39, 0.29) is 22.9 Å². The molecule has 0 N–H and O–H groups in total. The molecule has 0 bridgehead atoms. The molecule has 2 atom stereocenters. The maximum absolute atomic E-state index is 13.3. The van der Waals surface area contributed by atoms with Gasteiger partial charge in [0.2, 0.25) is 5.78 Å². The van der Waals surface area contributed by atoms with E-state index < -0.39 is 6.10 Å². The molecular weight excluding hydrogens is 360 g/mol. The first-order chi connectivity index (χ1) is 13.8. The van der Waals surface area contributed by atoms with Crippen LogP contribution < -0.4 is 0 Å². The smallest absolute Gasteiger partial charge is 0.204 e. The molecule has 0 saturated carbocycles. The Labute approximate surface area is 172 Å². The molecule has 0 aromatic heterocycles. The first-order valence-electron chi connectivity index (χ1n) is 10.1.